The fourth-order valence-electron chi connectivity index (χ4n) is 7.43. The van der Waals surface area contributed by atoms with Gasteiger partial charge in [0.15, 0.2) is 23.3 Å². The Morgan fingerprint density at radius 1 is 0.451 bits per heavy atom. The van der Waals surface area contributed by atoms with Crippen molar-refractivity contribution < 1.29 is 8.85 Å². The van der Waals surface area contributed by atoms with Crippen LogP contribution in [0.3, 0.4) is 0 Å². The van der Waals surface area contributed by atoms with Gasteiger partial charge in [-0.15, -0.1) is 0 Å². The van der Waals surface area contributed by atoms with Gasteiger partial charge >= 0.3 is 8.88 Å². The summed E-state index contributed by atoms with van der Waals surface area (Å²) >= 11 is 0. The Labute approximate surface area is 295 Å². The molecule has 0 amide bonds. The molecule has 10 rings (SSSR count). The van der Waals surface area contributed by atoms with Gasteiger partial charge in [0.05, 0.1) is 0 Å². The number of amidine groups is 4. The summed E-state index contributed by atoms with van der Waals surface area (Å²) in [6.07, 6.45) is 3.60. The molecule has 0 spiro atoms. The Hall–Kier alpha value is -5.62. The highest BCUT2D eigenvalue weighted by Crippen LogP contribution is 2.43. The Morgan fingerprint density at radius 3 is 1.24 bits per heavy atom. The van der Waals surface area contributed by atoms with E-state index in [1.165, 1.54) is 0 Å². The Kier molecular flexibility index (Phi) is 6.95. The van der Waals surface area contributed by atoms with E-state index >= 15 is 0 Å². The summed E-state index contributed by atoms with van der Waals surface area (Å²) < 4.78 is 19.1. The molecular weight excluding hydrogens is 653 g/mol. The number of nitrogens with zero attached hydrogens (tertiary/aromatic N) is 8. The minimum atomic E-state index is -3.96. The monoisotopic (exact) mass is 686 g/mol. The summed E-state index contributed by atoms with van der Waals surface area (Å²) in [4.78, 5) is 32.0. The molecule has 4 aliphatic heterocycles. The zero-order chi connectivity index (χ0) is 34.1. The predicted octanol–water partition coefficient (Wildman–Crippen LogP) is 7.00. The van der Waals surface area contributed by atoms with Gasteiger partial charge in [0.25, 0.3) is 0 Å². The maximum Gasteiger partial charge on any atom is 0.603 e. The Bertz CT molecular complexity index is 2520. The second kappa shape index (κ2) is 11.7. The average Bonchev–Trinajstić information content (AvgIpc) is 3.88. The topological polar surface area (TPSA) is 102 Å². The van der Waals surface area contributed by atoms with Crippen molar-refractivity contribution in [3.05, 3.63) is 130 Å². The van der Waals surface area contributed by atoms with Crippen molar-refractivity contribution in [3.8, 4) is 0 Å². The molecule has 11 heteroatoms. The van der Waals surface area contributed by atoms with Gasteiger partial charge in [0.2, 0.25) is 0 Å². The first-order valence-electron chi connectivity index (χ1n) is 17.7. The van der Waals surface area contributed by atoms with E-state index in [9.17, 15) is 0 Å². The first kappa shape index (κ1) is 30.2. The second-order valence-corrected chi connectivity index (χ2v) is 15.6. The molecule has 250 valence electrons. The van der Waals surface area contributed by atoms with Crippen molar-refractivity contribution in [2.75, 3.05) is 13.2 Å². The van der Waals surface area contributed by atoms with Crippen LogP contribution in [0.1, 0.15) is 61.8 Å². The molecule has 0 unspecified atom stereocenters. The van der Waals surface area contributed by atoms with E-state index in [4.69, 9.17) is 38.8 Å². The molecule has 6 aromatic rings. The van der Waals surface area contributed by atoms with Crippen LogP contribution in [0, 0.1) is 0 Å². The van der Waals surface area contributed by atoms with Gasteiger partial charge in [-0.25, -0.2) is 30.0 Å². The predicted molar refractivity (Wildman–Crippen MR) is 203 cm³/mol. The fraction of sp³-hybridized carbons (Fsp3) is 0.200. The minimum Gasteiger partial charge on any atom is -0.361 e. The van der Waals surface area contributed by atoms with Crippen molar-refractivity contribution >= 4 is 65.4 Å². The largest absolute Gasteiger partial charge is 0.603 e. The van der Waals surface area contributed by atoms with E-state index < -0.39 is 8.88 Å². The summed E-state index contributed by atoms with van der Waals surface area (Å²) in [5.74, 6) is 3.70. The third kappa shape index (κ3) is 4.41. The zero-order valence-corrected chi connectivity index (χ0v) is 29.4. The lowest BCUT2D eigenvalue weighted by atomic mass is 10.1. The van der Waals surface area contributed by atoms with E-state index in [-0.39, 0.29) is 0 Å². The first-order chi connectivity index (χ1) is 25.2. The summed E-state index contributed by atoms with van der Waals surface area (Å²) in [7, 11) is -3.96. The smallest absolute Gasteiger partial charge is 0.361 e. The van der Waals surface area contributed by atoms with E-state index in [0.717, 1.165) is 69.5 Å². The molecule has 0 saturated carbocycles. The van der Waals surface area contributed by atoms with Crippen LogP contribution in [0.25, 0.3) is 21.5 Å². The SMILES string of the molecule is CCCCO[Si]1(OCCCC)n2c3c4ccccc4c2N=C2N=C(N=c4c5ccccc5c(n41)=NC1=NC(=N3)c3ccccc31)c1ccccc12. The van der Waals surface area contributed by atoms with Crippen LogP contribution in [-0.2, 0) is 8.85 Å². The number of fused-ring (bicyclic) bond motifs is 14. The lowest BCUT2D eigenvalue weighted by Gasteiger charge is -2.33. The van der Waals surface area contributed by atoms with Crippen LogP contribution < -0.4 is 11.0 Å². The normalized spacial score (nSPS) is 16.0. The number of aliphatic imine (C=N–C) groups is 4. The Morgan fingerprint density at radius 2 is 0.824 bits per heavy atom. The van der Waals surface area contributed by atoms with E-state index in [0.29, 0.717) is 59.2 Å². The molecule has 4 aromatic carbocycles. The van der Waals surface area contributed by atoms with Gasteiger partial charge in [0, 0.05) is 57.0 Å². The van der Waals surface area contributed by atoms with Crippen LogP contribution in [0.2, 0.25) is 0 Å². The molecule has 51 heavy (non-hydrogen) atoms. The van der Waals surface area contributed by atoms with Gasteiger partial charge in [-0.2, -0.15) is 0 Å². The zero-order valence-electron chi connectivity index (χ0n) is 28.4. The molecule has 0 saturated heterocycles. The molecule has 6 heterocycles. The number of rotatable bonds is 8. The standard InChI is InChI=1S/C40H34N8O2Si/c1-3-5-23-49-51(50-24-6-4-2)47-37-29-19-11-12-20-30(29)39(47)45-35-27-17-9-10-18-28(27)36(42-35)46-40-32-22-14-13-21-31(32)38(48(40)51)44-34-26-16-8-7-15-25(26)33(41-34)43-37/h7-22H,3-6,23-24H2,1-2H3. The summed E-state index contributed by atoms with van der Waals surface area (Å²) in [6.45, 7) is 5.27. The van der Waals surface area contributed by atoms with Crippen LogP contribution >= 0.6 is 0 Å². The minimum absolute atomic E-state index is 0.463. The van der Waals surface area contributed by atoms with Crippen molar-refractivity contribution in [2.24, 2.45) is 30.0 Å². The molecule has 0 aliphatic carbocycles. The molecule has 6 bridgehead atoms. The number of aromatic nitrogens is 2. The number of benzene rings is 4. The lowest BCUT2D eigenvalue weighted by Crippen LogP contribution is -2.64. The van der Waals surface area contributed by atoms with E-state index in [1.807, 2.05) is 48.5 Å². The van der Waals surface area contributed by atoms with Crippen LogP contribution in [0.15, 0.2) is 127 Å². The van der Waals surface area contributed by atoms with Gasteiger partial charge in [0.1, 0.15) is 22.6 Å². The Balaban J connectivity index is 1.50. The van der Waals surface area contributed by atoms with Gasteiger partial charge < -0.3 is 8.85 Å². The molecule has 0 N–H and O–H groups in total. The highest BCUT2D eigenvalue weighted by atomic mass is 28.4. The fourth-order valence-corrected chi connectivity index (χ4v) is 10.8. The van der Waals surface area contributed by atoms with Crippen molar-refractivity contribution in [1.82, 2.24) is 8.47 Å². The molecular formula is C40H34N8O2Si. The molecule has 0 atom stereocenters. The highest BCUT2D eigenvalue weighted by molar-refractivity contribution is 6.66. The molecule has 0 radical (unpaired) electrons. The summed E-state index contributed by atoms with van der Waals surface area (Å²) in [5.41, 5.74) is 5.03. The lowest BCUT2D eigenvalue weighted by molar-refractivity contribution is 0.144. The number of unbranched alkanes of at least 4 members (excludes halogenated alkanes) is 2. The average molecular weight is 687 g/mol. The number of hydrogen-bond acceptors (Lipinski definition) is 8. The van der Waals surface area contributed by atoms with Crippen LogP contribution in [0.5, 0.6) is 0 Å². The first-order valence-corrected chi connectivity index (χ1v) is 19.4. The van der Waals surface area contributed by atoms with Crippen molar-refractivity contribution in [2.45, 2.75) is 39.5 Å². The third-order valence-electron chi connectivity index (χ3n) is 9.89. The van der Waals surface area contributed by atoms with Crippen LogP contribution in [-0.4, -0.2) is 53.9 Å². The van der Waals surface area contributed by atoms with Gasteiger partial charge in [-0.1, -0.05) is 124 Å². The van der Waals surface area contributed by atoms with Gasteiger partial charge in [-0.05, 0) is 12.8 Å². The number of hydrogen-bond donors (Lipinski definition) is 0. The second-order valence-electron chi connectivity index (χ2n) is 13.1. The molecule has 4 aliphatic rings. The highest BCUT2D eigenvalue weighted by Gasteiger charge is 2.52. The molecule has 10 nitrogen and oxygen atoms in total. The van der Waals surface area contributed by atoms with Crippen molar-refractivity contribution in [1.29, 1.82) is 0 Å². The van der Waals surface area contributed by atoms with E-state index in [1.54, 1.807) is 0 Å². The molecule has 0 fully saturated rings. The van der Waals surface area contributed by atoms with Crippen LogP contribution in [0.4, 0.5) is 11.6 Å². The molecule has 2 aromatic heterocycles. The third-order valence-corrected chi connectivity index (χ3v) is 13.0. The summed E-state index contributed by atoms with van der Waals surface area (Å²) in [6, 6.07) is 32.9. The van der Waals surface area contributed by atoms with Gasteiger partial charge in [-0.3, -0.25) is 8.47 Å². The maximum atomic E-state index is 7.40. The van der Waals surface area contributed by atoms with E-state index in [2.05, 4.69) is 70.8 Å². The summed E-state index contributed by atoms with van der Waals surface area (Å²) in [5, 5.41) is 3.68. The maximum absolute atomic E-state index is 7.40. The quantitative estimate of drug-likeness (QED) is 0.127. The van der Waals surface area contributed by atoms with Crippen molar-refractivity contribution in [3.63, 3.8) is 0 Å².